The van der Waals surface area contributed by atoms with Crippen LogP contribution in [0.15, 0.2) is 83.9 Å². The fourth-order valence-corrected chi connectivity index (χ4v) is 4.89. The minimum absolute atomic E-state index is 0.184. The molecule has 0 aliphatic carbocycles. The first-order valence-corrected chi connectivity index (χ1v) is 11.6. The van der Waals surface area contributed by atoms with Gasteiger partial charge in [-0.3, -0.25) is 0 Å². The van der Waals surface area contributed by atoms with Gasteiger partial charge in [-0.2, -0.15) is 5.10 Å². The summed E-state index contributed by atoms with van der Waals surface area (Å²) in [5, 5.41) is 5.55. The van der Waals surface area contributed by atoms with Crippen LogP contribution in [0.1, 0.15) is 38.8 Å². The third kappa shape index (κ3) is 3.45. The molecule has 172 valence electrons. The maximum absolute atomic E-state index is 12.0. The van der Waals surface area contributed by atoms with E-state index in [1.165, 1.54) is 7.11 Å². The molecule has 3 aromatic carbocycles. The largest absolute Gasteiger partial charge is 0.465 e. The number of esters is 1. The third-order valence-corrected chi connectivity index (χ3v) is 6.66. The number of aromatic nitrogens is 2. The van der Waals surface area contributed by atoms with E-state index in [0.29, 0.717) is 10.6 Å². The van der Waals surface area contributed by atoms with Gasteiger partial charge in [0.05, 0.1) is 35.8 Å². The summed E-state index contributed by atoms with van der Waals surface area (Å²) >= 11 is 6.13. The Bertz CT molecular complexity index is 1520. The zero-order valence-corrected chi connectivity index (χ0v) is 19.9. The molecule has 0 saturated heterocycles. The molecule has 2 aliphatic heterocycles. The number of rotatable bonds is 3. The van der Waals surface area contributed by atoms with Gasteiger partial charge in [-0.15, -0.1) is 0 Å². The van der Waals surface area contributed by atoms with E-state index in [1.807, 2.05) is 66.2 Å². The maximum Gasteiger partial charge on any atom is 0.337 e. The molecule has 6 nitrogen and oxygen atoms in total. The number of para-hydroxylation sites is 1. The van der Waals surface area contributed by atoms with E-state index in [4.69, 9.17) is 26.4 Å². The molecule has 6 rings (SSSR count). The van der Waals surface area contributed by atoms with E-state index >= 15 is 0 Å². The lowest BCUT2D eigenvalue weighted by Crippen LogP contribution is -2.38. The van der Waals surface area contributed by atoms with Gasteiger partial charge in [-0.1, -0.05) is 41.9 Å². The number of carbonyl (C=O) groups is 1. The molecule has 3 heterocycles. The number of nitrogens with zero attached hydrogens (tertiary/aromatic N) is 4. The summed E-state index contributed by atoms with van der Waals surface area (Å²) in [5.74, 6) is 1.25. The van der Waals surface area contributed by atoms with Crippen LogP contribution >= 0.6 is 11.6 Å². The molecule has 1 aromatic heterocycles. The Kier molecular flexibility index (Phi) is 5.04. The molecule has 2 aliphatic rings. The summed E-state index contributed by atoms with van der Waals surface area (Å²) < 4.78 is 6.76. The summed E-state index contributed by atoms with van der Waals surface area (Å²) in [6.45, 7) is 2.01. The van der Waals surface area contributed by atoms with Crippen molar-refractivity contribution in [2.45, 2.75) is 13.0 Å². The first-order valence-electron chi connectivity index (χ1n) is 11.2. The molecule has 0 bridgehead atoms. The van der Waals surface area contributed by atoms with Gasteiger partial charge in [0, 0.05) is 10.6 Å². The number of amidine groups is 1. The number of aryl methyl sites for hydroxylation is 1. The van der Waals surface area contributed by atoms with Gasteiger partial charge in [0.15, 0.2) is 5.82 Å². The van der Waals surface area contributed by atoms with Gasteiger partial charge in [0.1, 0.15) is 5.84 Å². The Hall–Kier alpha value is -4.16. The highest BCUT2D eigenvalue weighted by molar-refractivity contribution is 6.30. The fraction of sp³-hybridized carbons (Fsp3) is 0.107. The highest BCUT2D eigenvalue weighted by Gasteiger charge is 2.38. The average Bonchev–Trinajstić information content (AvgIpc) is 3.23. The van der Waals surface area contributed by atoms with Crippen molar-refractivity contribution < 1.29 is 9.53 Å². The Labute approximate surface area is 207 Å². The molecule has 0 spiro atoms. The Morgan fingerprint density at radius 3 is 2.46 bits per heavy atom. The topological polar surface area (TPSA) is 59.7 Å². The number of ether oxygens (including phenoxy) is 1. The summed E-state index contributed by atoms with van der Waals surface area (Å²) in [6, 6.07) is 23.2. The smallest absolute Gasteiger partial charge is 0.337 e. The van der Waals surface area contributed by atoms with Crippen LogP contribution in [0.3, 0.4) is 0 Å². The van der Waals surface area contributed by atoms with Crippen molar-refractivity contribution in [2.24, 2.45) is 4.99 Å². The van der Waals surface area contributed by atoms with E-state index in [9.17, 15) is 4.79 Å². The van der Waals surface area contributed by atoms with Crippen LogP contribution in [0.5, 0.6) is 0 Å². The fourth-order valence-electron chi connectivity index (χ4n) is 4.77. The molecule has 7 heteroatoms. The quantitative estimate of drug-likeness (QED) is 0.323. The minimum atomic E-state index is -0.360. The van der Waals surface area contributed by atoms with Crippen molar-refractivity contribution in [2.75, 3.05) is 12.0 Å². The van der Waals surface area contributed by atoms with Crippen molar-refractivity contribution in [3.05, 3.63) is 112 Å². The van der Waals surface area contributed by atoms with Crippen molar-refractivity contribution in [1.82, 2.24) is 9.78 Å². The van der Waals surface area contributed by atoms with Crippen molar-refractivity contribution in [1.29, 1.82) is 0 Å². The molecular weight excluding hydrogens is 460 g/mol. The highest BCUT2D eigenvalue weighted by Crippen LogP contribution is 2.46. The number of benzene rings is 3. The number of hydrogen-bond acceptors (Lipinski definition) is 5. The first-order chi connectivity index (χ1) is 17.0. The zero-order chi connectivity index (χ0) is 24.1. The van der Waals surface area contributed by atoms with E-state index in [2.05, 4.69) is 23.1 Å². The monoisotopic (exact) mass is 480 g/mol. The van der Waals surface area contributed by atoms with E-state index in [0.717, 1.165) is 45.4 Å². The lowest BCUT2D eigenvalue weighted by molar-refractivity contribution is 0.0600. The van der Waals surface area contributed by atoms with Gasteiger partial charge in [-0.25, -0.2) is 14.5 Å². The molecule has 0 radical (unpaired) electrons. The lowest BCUT2D eigenvalue weighted by Gasteiger charge is -2.39. The van der Waals surface area contributed by atoms with Gasteiger partial charge < -0.3 is 9.64 Å². The molecule has 0 N–H and O–H groups in total. The second kappa shape index (κ2) is 8.25. The van der Waals surface area contributed by atoms with E-state index < -0.39 is 0 Å². The third-order valence-electron chi connectivity index (χ3n) is 6.41. The van der Waals surface area contributed by atoms with Crippen LogP contribution in [0.2, 0.25) is 5.02 Å². The average molecular weight is 481 g/mol. The first kappa shape index (κ1) is 21.4. The van der Waals surface area contributed by atoms with E-state index in [-0.39, 0.29) is 12.0 Å². The van der Waals surface area contributed by atoms with Crippen LogP contribution in [0, 0.1) is 6.92 Å². The predicted octanol–water partition coefficient (Wildman–Crippen LogP) is 6.29. The number of hydrogen-bond donors (Lipinski definition) is 0. The van der Waals surface area contributed by atoms with E-state index in [1.54, 1.807) is 12.1 Å². The van der Waals surface area contributed by atoms with Crippen molar-refractivity contribution >= 4 is 41.0 Å². The molecular formula is C28H21ClN4O2. The second-order valence-electron chi connectivity index (χ2n) is 8.46. The van der Waals surface area contributed by atoms with Crippen LogP contribution in [0.4, 0.5) is 11.5 Å². The molecule has 1 atom stereocenters. The van der Waals surface area contributed by atoms with Crippen LogP contribution in [-0.4, -0.2) is 28.7 Å². The maximum atomic E-state index is 12.0. The predicted molar refractivity (Wildman–Crippen MR) is 138 cm³/mol. The summed E-state index contributed by atoms with van der Waals surface area (Å²) in [6.07, 6.45) is 4.12. The van der Waals surface area contributed by atoms with Crippen LogP contribution in [0.25, 0.3) is 11.8 Å². The van der Waals surface area contributed by atoms with Crippen LogP contribution < -0.4 is 4.90 Å². The minimum Gasteiger partial charge on any atom is -0.465 e. The Morgan fingerprint density at radius 1 is 0.971 bits per heavy atom. The lowest BCUT2D eigenvalue weighted by atomic mass is 9.91. The molecule has 0 fully saturated rings. The van der Waals surface area contributed by atoms with Crippen molar-refractivity contribution in [3.8, 4) is 5.69 Å². The molecule has 4 aromatic rings. The van der Waals surface area contributed by atoms with Crippen LogP contribution in [-0.2, 0) is 4.74 Å². The Morgan fingerprint density at radius 2 is 1.71 bits per heavy atom. The number of methoxy groups -OCH3 is 1. The summed E-state index contributed by atoms with van der Waals surface area (Å²) in [7, 11) is 1.39. The standard InChI is InChI=1S/C28H21ClN4O2/c1-17-25-26(19-7-9-20(10-8-19)28(34)35-2)32-23-6-4-3-5-18(23)11-16-24(32)30-27(25)33(31-17)22-14-12-21(29)13-15-22/h3-16,26H,1-2H3/t26-/m1/s1. The molecule has 0 unspecified atom stereocenters. The molecule has 35 heavy (non-hydrogen) atoms. The van der Waals surface area contributed by atoms with Gasteiger partial charge in [-0.05, 0) is 72.7 Å². The zero-order valence-electron chi connectivity index (χ0n) is 19.1. The van der Waals surface area contributed by atoms with Gasteiger partial charge >= 0.3 is 5.97 Å². The molecule has 0 amide bonds. The highest BCUT2D eigenvalue weighted by atomic mass is 35.5. The van der Waals surface area contributed by atoms with Crippen molar-refractivity contribution in [3.63, 3.8) is 0 Å². The SMILES string of the molecule is COC(=O)c1ccc([C@@H]2c3c(C)nn(-c4ccc(Cl)cc4)c3N=C3C=Cc4ccccc4N32)cc1. The summed E-state index contributed by atoms with van der Waals surface area (Å²) in [5.41, 5.74) is 6.50. The normalized spacial score (nSPS) is 15.7. The number of anilines is 1. The number of carbonyl (C=O) groups excluding carboxylic acids is 1. The second-order valence-corrected chi connectivity index (χ2v) is 8.90. The number of fused-ring (bicyclic) bond motifs is 4. The number of halogens is 1. The van der Waals surface area contributed by atoms with Gasteiger partial charge in [0.25, 0.3) is 0 Å². The van der Waals surface area contributed by atoms with Gasteiger partial charge in [0.2, 0.25) is 0 Å². The molecule has 0 saturated carbocycles. The Balaban J connectivity index is 1.58. The summed E-state index contributed by atoms with van der Waals surface area (Å²) in [4.78, 5) is 19.4. The number of aliphatic imine (C=N–C) groups is 1.